The standard InChI is InChI=1S/C22H25N3O3/c1-3-6-19(14-7-4-8-16(11-14)28-2)25-20-15(13-26)12-24-21-17(20)9-5-10-18(21)22(23)27/h4-5,7-12,19,26H,3,6,13H2,1-2H3,(H2,23,27)(H,24,25)/t19-/m1/s1. The van der Waals surface area contributed by atoms with E-state index in [4.69, 9.17) is 10.5 Å². The average molecular weight is 379 g/mol. The highest BCUT2D eigenvalue weighted by Gasteiger charge is 2.18. The Labute approximate surface area is 164 Å². The summed E-state index contributed by atoms with van der Waals surface area (Å²) in [5.74, 6) is 0.261. The number of rotatable bonds is 8. The van der Waals surface area contributed by atoms with Crippen LogP contribution in [0.4, 0.5) is 5.69 Å². The van der Waals surface area contributed by atoms with Crippen LogP contribution in [0, 0.1) is 0 Å². The van der Waals surface area contributed by atoms with E-state index in [-0.39, 0.29) is 12.6 Å². The van der Waals surface area contributed by atoms with Crippen LogP contribution in [0.15, 0.2) is 48.7 Å². The molecule has 4 N–H and O–H groups in total. The van der Waals surface area contributed by atoms with Crippen molar-refractivity contribution in [1.29, 1.82) is 0 Å². The van der Waals surface area contributed by atoms with E-state index in [1.807, 2.05) is 30.3 Å². The Hall–Kier alpha value is -3.12. The largest absolute Gasteiger partial charge is 0.497 e. The number of hydrogen-bond acceptors (Lipinski definition) is 5. The lowest BCUT2D eigenvalue weighted by Gasteiger charge is -2.23. The second-order valence-electron chi connectivity index (χ2n) is 6.64. The number of aliphatic hydroxyl groups excluding tert-OH is 1. The van der Waals surface area contributed by atoms with Crippen molar-refractivity contribution >= 4 is 22.5 Å². The van der Waals surface area contributed by atoms with Crippen LogP contribution in [0.2, 0.25) is 0 Å². The third-order valence-corrected chi connectivity index (χ3v) is 4.80. The molecule has 0 aliphatic carbocycles. The van der Waals surface area contributed by atoms with Crippen molar-refractivity contribution in [3.05, 3.63) is 65.4 Å². The van der Waals surface area contributed by atoms with Crippen molar-refractivity contribution in [2.24, 2.45) is 5.73 Å². The smallest absolute Gasteiger partial charge is 0.250 e. The van der Waals surface area contributed by atoms with E-state index in [9.17, 15) is 9.90 Å². The van der Waals surface area contributed by atoms with Crippen molar-refractivity contribution in [2.45, 2.75) is 32.4 Å². The summed E-state index contributed by atoms with van der Waals surface area (Å²) in [4.78, 5) is 16.2. The summed E-state index contributed by atoms with van der Waals surface area (Å²) in [7, 11) is 1.65. The number of methoxy groups -OCH3 is 1. The van der Waals surface area contributed by atoms with Crippen LogP contribution in [0.5, 0.6) is 5.75 Å². The summed E-state index contributed by atoms with van der Waals surface area (Å²) < 4.78 is 5.36. The van der Waals surface area contributed by atoms with E-state index in [0.29, 0.717) is 16.6 Å². The minimum absolute atomic E-state index is 0.00762. The van der Waals surface area contributed by atoms with Crippen LogP contribution in [0.1, 0.15) is 47.3 Å². The number of aliphatic hydroxyl groups is 1. The maximum Gasteiger partial charge on any atom is 0.250 e. The molecule has 146 valence electrons. The van der Waals surface area contributed by atoms with Gasteiger partial charge in [-0.2, -0.15) is 0 Å². The van der Waals surface area contributed by atoms with Crippen molar-refractivity contribution in [1.82, 2.24) is 4.98 Å². The van der Waals surface area contributed by atoms with Gasteiger partial charge in [0.05, 0.1) is 36.5 Å². The number of nitrogens with one attached hydrogen (secondary N) is 1. The topological polar surface area (TPSA) is 97.5 Å². The first-order valence-corrected chi connectivity index (χ1v) is 9.30. The molecule has 1 atom stereocenters. The van der Waals surface area contributed by atoms with Crippen LogP contribution in [-0.4, -0.2) is 23.1 Å². The minimum atomic E-state index is -0.529. The van der Waals surface area contributed by atoms with E-state index in [2.05, 4.69) is 17.2 Å². The maximum atomic E-state index is 11.8. The van der Waals surface area contributed by atoms with Crippen LogP contribution in [0.3, 0.4) is 0 Å². The number of hydrogen-bond donors (Lipinski definition) is 3. The molecule has 0 unspecified atom stereocenters. The molecule has 6 heteroatoms. The first-order chi connectivity index (χ1) is 13.6. The third kappa shape index (κ3) is 3.92. The number of nitrogens with zero attached hydrogens (tertiary/aromatic N) is 1. The highest BCUT2D eigenvalue weighted by Crippen LogP contribution is 2.33. The van der Waals surface area contributed by atoms with E-state index < -0.39 is 5.91 Å². The molecule has 0 fully saturated rings. The second kappa shape index (κ2) is 8.71. The molecule has 0 aliphatic rings. The van der Waals surface area contributed by atoms with Gasteiger partial charge in [-0.25, -0.2) is 0 Å². The van der Waals surface area contributed by atoms with Crippen molar-refractivity contribution < 1.29 is 14.6 Å². The number of primary amides is 1. The maximum absolute atomic E-state index is 11.8. The van der Waals surface area contributed by atoms with E-state index in [1.54, 1.807) is 25.4 Å². The van der Waals surface area contributed by atoms with Crippen LogP contribution in [0.25, 0.3) is 10.9 Å². The molecular formula is C22H25N3O3. The third-order valence-electron chi connectivity index (χ3n) is 4.80. The van der Waals surface area contributed by atoms with Gasteiger partial charge in [0.1, 0.15) is 5.75 Å². The Morgan fingerprint density at radius 1 is 1.29 bits per heavy atom. The number of nitrogens with two attached hydrogens (primary N) is 1. The lowest BCUT2D eigenvalue weighted by atomic mass is 9.99. The number of para-hydroxylation sites is 1. The molecule has 28 heavy (non-hydrogen) atoms. The van der Waals surface area contributed by atoms with Crippen molar-refractivity contribution in [3.63, 3.8) is 0 Å². The first-order valence-electron chi connectivity index (χ1n) is 9.30. The van der Waals surface area contributed by atoms with E-state index >= 15 is 0 Å². The number of carbonyl (C=O) groups excluding carboxylic acids is 1. The fourth-order valence-electron chi connectivity index (χ4n) is 3.40. The van der Waals surface area contributed by atoms with Crippen LogP contribution >= 0.6 is 0 Å². The molecule has 0 saturated heterocycles. The SMILES string of the molecule is CCC[C@@H](Nc1c(CO)cnc2c(C(N)=O)cccc12)c1cccc(OC)c1. The summed E-state index contributed by atoms with van der Waals surface area (Å²) >= 11 is 0. The molecular weight excluding hydrogens is 354 g/mol. The average Bonchev–Trinajstić information content (AvgIpc) is 2.72. The van der Waals surface area contributed by atoms with Crippen LogP contribution in [-0.2, 0) is 6.61 Å². The number of carbonyl (C=O) groups is 1. The number of fused-ring (bicyclic) bond motifs is 1. The Morgan fingerprint density at radius 2 is 2.07 bits per heavy atom. The molecule has 1 amide bonds. The Bertz CT molecular complexity index is 988. The first kappa shape index (κ1) is 19.6. The lowest BCUT2D eigenvalue weighted by molar-refractivity contribution is 0.100. The highest BCUT2D eigenvalue weighted by atomic mass is 16.5. The monoisotopic (exact) mass is 379 g/mol. The molecule has 6 nitrogen and oxygen atoms in total. The lowest BCUT2D eigenvalue weighted by Crippen LogP contribution is -2.15. The normalized spacial score (nSPS) is 12.0. The molecule has 0 bridgehead atoms. The summed E-state index contributed by atoms with van der Waals surface area (Å²) in [5.41, 5.74) is 8.90. The number of anilines is 1. The zero-order valence-corrected chi connectivity index (χ0v) is 16.1. The van der Waals surface area contributed by atoms with Gasteiger partial charge in [0, 0.05) is 17.1 Å². The van der Waals surface area contributed by atoms with E-state index in [0.717, 1.165) is 35.2 Å². The number of pyridine rings is 1. The van der Waals surface area contributed by atoms with Gasteiger partial charge in [0.25, 0.3) is 5.91 Å². The van der Waals surface area contributed by atoms with E-state index in [1.165, 1.54) is 0 Å². The predicted octanol–water partition coefficient (Wildman–Crippen LogP) is 3.79. The molecule has 0 aliphatic heterocycles. The van der Waals surface area contributed by atoms with Gasteiger partial charge >= 0.3 is 0 Å². The molecule has 0 spiro atoms. The molecule has 3 aromatic rings. The van der Waals surface area contributed by atoms with Crippen molar-refractivity contribution in [2.75, 3.05) is 12.4 Å². The number of aromatic nitrogens is 1. The molecule has 1 aromatic heterocycles. The van der Waals surface area contributed by atoms with Gasteiger partial charge < -0.3 is 20.9 Å². The summed E-state index contributed by atoms with van der Waals surface area (Å²) in [6, 6.07) is 13.2. The highest BCUT2D eigenvalue weighted by molar-refractivity contribution is 6.08. The Balaban J connectivity index is 2.12. The molecule has 2 aromatic carbocycles. The fraction of sp³-hybridized carbons (Fsp3) is 0.273. The molecule has 0 radical (unpaired) electrons. The molecule has 3 rings (SSSR count). The van der Waals surface area contributed by atoms with Gasteiger partial charge in [0.15, 0.2) is 0 Å². The zero-order chi connectivity index (χ0) is 20.1. The summed E-state index contributed by atoms with van der Waals surface area (Å²) in [6.07, 6.45) is 3.45. The minimum Gasteiger partial charge on any atom is -0.497 e. The van der Waals surface area contributed by atoms with Gasteiger partial charge in [0.2, 0.25) is 0 Å². The second-order valence-corrected chi connectivity index (χ2v) is 6.64. The van der Waals surface area contributed by atoms with Crippen LogP contribution < -0.4 is 15.8 Å². The fourth-order valence-corrected chi connectivity index (χ4v) is 3.40. The Kier molecular flexibility index (Phi) is 6.11. The summed E-state index contributed by atoms with van der Waals surface area (Å²) in [6.45, 7) is 1.96. The van der Waals surface area contributed by atoms with Crippen molar-refractivity contribution in [3.8, 4) is 5.75 Å². The summed E-state index contributed by atoms with van der Waals surface area (Å²) in [5, 5.41) is 14.2. The van der Waals surface area contributed by atoms with Gasteiger partial charge in [-0.1, -0.05) is 37.6 Å². The van der Waals surface area contributed by atoms with Gasteiger partial charge in [-0.05, 0) is 30.2 Å². The quantitative estimate of drug-likeness (QED) is 0.553. The number of amides is 1. The number of benzene rings is 2. The van der Waals surface area contributed by atoms with Gasteiger partial charge in [-0.15, -0.1) is 0 Å². The number of ether oxygens (including phenoxy) is 1. The van der Waals surface area contributed by atoms with Gasteiger partial charge in [-0.3, -0.25) is 9.78 Å². The Morgan fingerprint density at radius 3 is 2.75 bits per heavy atom. The zero-order valence-electron chi connectivity index (χ0n) is 16.1. The molecule has 1 heterocycles. The predicted molar refractivity (Wildman–Crippen MR) is 110 cm³/mol. The molecule has 0 saturated carbocycles.